The number of furan rings is 1. The molecule has 120 heavy (non-hydrogen) atoms. The summed E-state index contributed by atoms with van der Waals surface area (Å²) in [7, 11) is 0. The number of nitrogens with zero attached hydrogens (tertiary/aromatic N) is 4. The number of rotatable bonds is 12. The first-order valence-corrected chi connectivity index (χ1v) is 42.3. The van der Waals surface area contributed by atoms with Crippen LogP contribution < -0.4 is 9.80 Å². The average molecular weight is 1550 g/mol. The predicted octanol–water partition coefficient (Wildman–Crippen LogP) is 32.1. The van der Waals surface area contributed by atoms with E-state index in [4.69, 9.17) is 4.42 Å². The second-order valence-corrected chi connectivity index (χ2v) is 34.1. The van der Waals surface area contributed by atoms with Crippen molar-refractivity contribution in [2.24, 2.45) is 0 Å². The number of benzene rings is 18. The van der Waals surface area contributed by atoms with Gasteiger partial charge in [0.1, 0.15) is 5.58 Å². The molecule has 6 heteroatoms. The van der Waals surface area contributed by atoms with E-state index in [2.05, 4.69) is 453 Å². The molecule has 0 bridgehead atoms. The van der Waals surface area contributed by atoms with E-state index in [0.29, 0.717) is 0 Å². The molecule has 0 N–H and O–H groups in total. The number of anilines is 6. The van der Waals surface area contributed by atoms with Gasteiger partial charge in [0.15, 0.2) is 5.58 Å². The third-order valence-corrected chi connectivity index (χ3v) is 26.8. The molecule has 5 nitrogen and oxygen atoms in total. The molecular formula is C114H80N4OS. The first-order valence-electron chi connectivity index (χ1n) is 41.5. The van der Waals surface area contributed by atoms with Crippen LogP contribution in [0.4, 0.5) is 34.1 Å². The molecule has 2 aliphatic rings. The van der Waals surface area contributed by atoms with E-state index in [9.17, 15) is 0 Å². The predicted molar refractivity (Wildman–Crippen MR) is 508 cm³/mol. The summed E-state index contributed by atoms with van der Waals surface area (Å²) in [6.07, 6.45) is 0. The van der Waals surface area contributed by atoms with E-state index in [0.717, 1.165) is 67.3 Å². The van der Waals surface area contributed by atoms with Crippen LogP contribution >= 0.6 is 11.3 Å². The van der Waals surface area contributed by atoms with Gasteiger partial charge in [-0.2, -0.15) is 0 Å². The van der Waals surface area contributed by atoms with Gasteiger partial charge in [-0.25, -0.2) is 0 Å². The van der Waals surface area contributed by atoms with Gasteiger partial charge in [-0.15, -0.1) is 11.3 Å². The number of hydrogen-bond acceptors (Lipinski definition) is 4. The number of aromatic nitrogens is 2. The van der Waals surface area contributed by atoms with Gasteiger partial charge in [0, 0.05) is 92.7 Å². The molecule has 0 aliphatic heterocycles. The van der Waals surface area contributed by atoms with Gasteiger partial charge in [0.25, 0.3) is 0 Å². The molecule has 0 amide bonds. The van der Waals surface area contributed by atoms with Gasteiger partial charge in [0.2, 0.25) is 0 Å². The van der Waals surface area contributed by atoms with Crippen molar-refractivity contribution in [2.45, 2.75) is 38.5 Å². The van der Waals surface area contributed by atoms with Crippen LogP contribution in [0.15, 0.2) is 417 Å². The van der Waals surface area contributed by atoms with Crippen molar-refractivity contribution < 1.29 is 4.42 Å². The van der Waals surface area contributed by atoms with E-state index in [-0.39, 0.29) is 10.8 Å². The molecule has 0 fully saturated rings. The zero-order valence-corrected chi connectivity index (χ0v) is 67.7. The Morgan fingerprint density at radius 2 is 0.592 bits per heavy atom. The maximum atomic E-state index is 6.69. The molecule has 0 saturated heterocycles. The largest absolute Gasteiger partial charge is 0.454 e. The summed E-state index contributed by atoms with van der Waals surface area (Å²) in [4.78, 5) is 4.85. The van der Waals surface area contributed by atoms with Crippen molar-refractivity contribution in [3.63, 3.8) is 0 Å². The normalized spacial score (nSPS) is 13.0. The van der Waals surface area contributed by atoms with Crippen molar-refractivity contribution in [3.8, 4) is 78.1 Å². The van der Waals surface area contributed by atoms with Gasteiger partial charge >= 0.3 is 0 Å². The lowest BCUT2D eigenvalue weighted by molar-refractivity contribution is 0.660. The van der Waals surface area contributed by atoms with Crippen molar-refractivity contribution in [2.75, 3.05) is 9.80 Å². The van der Waals surface area contributed by atoms with Crippen LogP contribution in [0.25, 0.3) is 164 Å². The zero-order chi connectivity index (χ0) is 79.9. The third kappa shape index (κ3) is 11.4. The van der Waals surface area contributed by atoms with Gasteiger partial charge in [-0.05, 0) is 235 Å². The van der Waals surface area contributed by atoms with Crippen LogP contribution in [-0.2, 0) is 10.8 Å². The number of para-hydroxylation sites is 4. The fraction of sp³-hybridized carbons (Fsp3) is 0.0526. The van der Waals surface area contributed by atoms with Crippen LogP contribution in [0.5, 0.6) is 0 Å². The summed E-state index contributed by atoms with van der Waals surface area (Å²) in [5.74, 6) is 0. The van der Waals surface area contributed by atoms with Gasteiger partial charge in [-0.3, -0.25) is 0 Å². The van der Waals surface area contributed by atoms with Crippen LogP contribution in [0.1, 0.15) is 49.9 Å². The molecule has 4 heterocycles. The topological polar surface area (TPSA) is 29.5 Å². The van der Waals surface area contributed by atoms with Crippen LogP contribution in [0.3, 0.4) is 0 Å². The summed E-state index contributed by atoms with van der Waals surface area (Å²) in [6.45, 7) is 9.42. The van der Waals surface area contributed by atoms with Crippen molar-refractivity contribution in [3.05, 3.63) is 435 Å². The quantitative estimate of drug-likeness (QED) is 0.122. The summed E-state index contributed by atoms with van der Waals surface area (Å²) in [5, 5.41) is 9.79. The standard InChI is InChI=1S/C57H40N2O.C57H40N2S/c2*1-57(2)50-21-11-9-18-44(50)45-31-30-43(36-51(45)57)58(54-22-13-20-47-46-19-10-12-23-55(46)60-56(47)54)42-28-24-38(25-29-42)40-27-33-53-49(35-40)48-34-39(37-14-5-3-6-15-37)26-32-52(48)59(53)41-16-7-4-8-17-41/h2*3-36H,1-2H3. The summed E-state index contributed by atoms with van der Waals surface area (Å²) < 4.78 is 14.1. The average Bonchev–Trinajstić information content (AvgIpc) is 1.59. The lowest BCUT2D eigenvalue weighted by atomic mass is 9.82. The highest BCUT2D eigenvalue weighted by molar-refractivity contribution is 7.26. The number of thiophene rings is 1. The number of fused-ring (bicyclic) bond motifs is 18. The van der Waals surface area contributed by atoms with Crippen molar-refractivity contribution in [1.29, 1.82) is 0 Å². The molecule has 0 spiro atoms. The fourth-order valence-electron chi connectivity index (χ4n) is 19.7. The monoisotopic (exact) mass is 1550 g/mol. The Kier molecular flexibility index (Phi) is 16.4. The maximum absolute atomic E-state index is 6.69. The summed E-state index contributed by atoms with van der Waals surface area (Å²) in [6, 6.07) is 151. The van der Waals surface area contributed by atoms with E-state index < -0.39 is 0 Å². The smallest absolute Gasteiger partial charge is 0.159 e. The summed E-state index contributed by atoms with van der Waals surface area (Å²) in [5.41, 5.74) is 35.6. The Bertz CT molecular complexity index is 7360. The van der Waals surface area contributed by atoms with E-state index in [1.165, 1.54) is 153 Å². The maximum Gasteiger partial charge on any atom is 0.159 e. The Balaban J connectivity index is 0.000000140. The molecule has 0 radical (unpaired) electrons. The second-order valence-electron chi connectivity index (χ2n) is 33.1. The fourth-order valence-corrected chi connectivity index (χ4v) is 20.9. The summed E-state index contributed by atoms with van der Waals surface area (Å²) >= 11 is 1.88. The molecule has 0 atom stereocenters. The van der Waals surface area contributed by atoms with Gasteiger partial charge in [-0.1, -0.05) is 295 Å². The van der Waals surface area contributed by atoms with E-state index in [1.807, 2.05) is 17.4 Å². The second kappa shape index (κ2) is 28.0. The van der Waals surface area contributed by atoms with Gasteiger partial charge in [0.05, 0.1) is 38.1 Å². The highest BCUT2D eigenvalue weighted by atomic mass is 32.1. The number of hydrogen-bond donors (Lipinski definition) is 0. The van der Waals surface area contributed by atoms with Gasteiger partial charge < -0.3 is 23.4 Å². The molecule has 568 valence electrons. The Morgan fingerprint density at radius 3 is 1.07 bits per heavy atom. The van der Waals surface area contributed by atoms with E-state index in [1.54, 1.807) is 0 Å². The highest BCUT2D eigenvalue weighted by Crippen LogP contribution is 2.55. The first-order chi connectivity index (χ1) is 59.0. The minimum Gasteiger partial charge on any atom is -0.454 e. The molecule has 0 saturated carbocycles. The van der Waals surface area contributed by atoms with Crippen LogP contribution in [-0.4, -0.2) is 9.13 Å². The molecule has 2 aliphatic carbocycles. The van der Waals surface area contributed by atoms with Crippen molar-refractivity contribution >= 4 is 131 Å². The van der Waals surface area contributed by atoms with Crippen molar-refractivity contribution in [1.82, 2.24) is 9.13 Å². The SMILES string of the molecule is CC1(C)c2ccccc2-c2ccc(N(c3ccc(-c4ccc5c(c4)c4cc(-c6ccccc6)ccc4n5-c4ccccc4)cc3)c3cccc4c3oc3ccccc34)cc21.CC1(C)c2ccccc2-c2ccc(N(c3ccc(-c4ccc5c(c4)c4cc(-c6ccccc6)ccc4n5-c4ccccc4)cc3)c3cccc4c3sc3ccccc34)cc21. The molecule has 0 unspecified atom stereocenters. The third-order valence-electron chi connectivity index (χ3n) is 25.6. The molecular weight excluding hydrogens is 1470 g/mol. The zero-order valence-electron chi connectivity index (χ0n) is 66.9. The molecule has 18 aromatic carbocycles. The molecule has 4 aromatic heterocycles. The van der Waals surface area contributed by atoms with Crippen LogP contribution in [0.2, 0.25) is 0 Å². The van der Waals surface area contributed by atoms with E-state index >= 15 is 0 Å². The molecule has 24 rings (SSSR count). The minimum absolute atomic E-state index is 0.106. The lowest BCUT2D eigenvalue weighted by Gasteiger charge is -2.28. The lowest BCUT2D eigenvalue weighted by Crippen LogP contribution is -2.16. The van der Waals surface area contributed by atoms with Crippen LogP contribution in [0, 0.1) is 0 Å². The Labute approximate surface area is 701 Å². The highest BCUT2D eigenvalue weighted by Gasteiger charge is 2.38. The minimum atomic E-state index is -0.132. The molecule has 22 aromatic rings. The first kappa shape index (κ1) is 70.6. The Hall–Kier alpha value is -14.8. The Morgan fingerprint density at radius 1 is 0.242 bits per heavy atom.